The molecule has 0 saturated heterocycles. The Morgan fingerprint density at radius 2 is 2.00 bits per heavy atom. The minimum Gasteiger partial charge on any atom is -0.396 e. The first-order chi connectivity index (χ1) is 10.7. The molecule has 3 rings (SSSR count). The number of aliphatic hydroxyl groups is 1. The van der Waals surface area contributed by atoms with Crippen LogP contribution in [-0.4, -0.2) is 21.3 Å². The van der Waals surface area contributed by atoms with E-state index in [4.69, 9.17) is 5.11 Å². The maximum Gasteiger partial charge on any atom is 0.125 e. The van der Waals surface area contributed by atoms with Crippen molar-refractivity contribution in [2.24, 2.45) is 0 Å². The molecule has 0 atom stereocenters. The molecule has 4 heteroatoms. The summed E-state index contributed by atoms with van der Waals surface area (Å²) in [5, 5.41) is 9.07. The Hall–Kier alpha value is -2.20. The van der Waals surface area contributed by atoms with Crippen LogP contribution in [0.15, 0.2) is 42.5 Å². The molecule has 2 aromatic carbocycles. The number of halogens is 1. The van der Waals surface area contributed by atoms with Gasteiger partial charge >= 0.3 is 0 Å². The highest BCUT2D eigenvalue weighted by Crippen LogP contribution is 2.21. The van der Waals surface area contributed by atoms with Crippen molar-refractivity contribution in [1.29, 1.82) is 0 Å². The van der Waals surface area contributed by atoms with Gasteiger partial charge in [0.25, 0.3) is 0 Å². The molecule has 0 radical (unpaired) electrons. The molecular formula is C18H19FN2O. The molecule has 1 heterocycles. The van der Waals surface area contributed by atoms with E-state index in [0.717, 1.165) is 11.3 Å². The Labute approximate surface area is 129 Å². The maximum atomic E-state index is 13.4. The fourth-order valence-corrected chi connectivity index (χ4v) is 2.72. The van der Waals surface area contributed by atoms with E-state index in [2.05, 4.69) is 28.6 Å². The van der Waals surface area contributed by atoms with Gasteiger partial charge in [-0.2, -0.15) is 0 Å². The Kier molecular flexibility index (Phi) is 4.20. The molecule has 0 amide bonds. The molecule has 0 aliphatic rings. The number of hydrogen-bond acceptors (Lipinski definition) is 2. The van der Waals surface area contributed by atoms with Crippen molar-refractivity contribution >= 4 is 11.0 Å². The highest BCUT2D eigenvalue weighted by molar-refractivity contribution is 5.76. The summed E-state index contributed by atoms with van der Waals surface area (Å²) < 4.78 is 15.5. The highest BCUT2D eigenvalue weighted by Gasteiger charge is 2.12. The molecule has 22 heavy (non-hydrogen) atoms. The summed E-state index contributed by atoms with van der Waals surface area (Å²) >= 11 is 0. The lowest BCUT2D eigenvalue weighted by Gasteiger charge is -2.11. The summed E-state index contributed by atoms with van der Waals surface area (Å²) in [6.45, 7) is 2.92. The lowest BCUT2D eigenvalue weighted by molar-refractivity contribution is 0.287. The molecule has 3 nitrogen and oxygen atoms in total. The largest absolute Gasteiger partial charge is 0.396 e. The summed E-state index contributed by atoms with van der Waals surface area (Å²) in [6, 6.07) is 12.9. The first kappa shape index (κ1) is 14.7. The molecule has 0 bridgehead atoms. The number of imidazole rings is 1. The summed E-state index contributed by atoms with van der Waals surface area (Å²) in [7, 11) is 0. The van der Waals surface area contributed by atoms with Crippen LogP contribution in [-0.2, 0) is 13.0 Å². The van der Waals surface area contributed by atoms with Crippen LogP contribution in [0.25, 0.3) is 11.0 Å². The van der Waals surface area contributed by atoms with E-state index in [9.17, 15) is 4.39 Å². The number of rotatable bonds is 5. The average molecular weight is 298 g/mol. The zero-order chi connectivity index (χ0) is 15.5. The number of hydrogen-bond donors (Lipinski definition) is 1. The Balaban J connectivity index is 2.07. The van der Waals surface area contributed by atoms with E-state index >= 15 is 0 Å². The minimum absolute atomic E-state index is 0.127. The normalized spacial score (nSPS) is 11.2. The van der Waals surface area contributed by atoms with Crippen molar-refractivity contribution in [3.63, 3.8) is 0 Å². The summed E-state index contributed by atoms with van der Waals surface area (Å²) in [4.78, 5) is 4.55. The fourth-order valence-electron chi connectivity index (χ4n) is 2.72. The SMILES string of the molecule is Cc1ccccc1Cn1c(CCCO)nc2cc(F)ccc21. The van der Waals surface area contributed by atoms with Gasteiger partial charge in [-0.1, -0.05) is 24.3 Å². The van der Waals surface area contributed by atoms with Crippen LogP contribution in [0.2, 0.25) is 0 Å². The van der Waals surface area contributed by atoms with Crippen LogP contribution in [0.5, 0.6) is 0 Å². The standard InChI is InChI=1S/C18H19FN2O/c1-13-5-2-3-6-14(13)12-21-17-9-8-15(19)11-16(17)20-18(21)7-4-10-22/h2-3,5-6,8-9,11,22H,4,7,10,12H2,1H3. The first-order valence-electron chi connectivity index (χ1n) is 7.49. The van der Waals surface area contributed by atoms with Crippen LogP contribution in [0.4, 0.5) is 4.39 Å². The predicted octanol–water partition coefficient (Wildman–Crippen LogP) is 3.46. The molecule has 0 unspecified atom stereocenters. The first-order valence-corrected chi connectivity index (χ1v) is 7.49. The van der Waals surface area contributed by atoms with Gasteiger partial charge in [0.2, 0.25) is 0 Å². The topological polar surface area (TPSA) is 38.0 Å². The second-order valence-electron chi connectivity index (χ2n) is 5.50. The third-order valence-corrected chi connectivity index (χ3v) is 3.94. The van der Waals surface area contributed by atoms with Crippen LogP contribution >= 0.6 is 0 Å². The van der Waals surface area contributed by atoms with E-state index < -0.39 is 0 Å². The molecule has 0 fully saturated rings. The van der Waals surface area contributed by atoms with Crippen molar-refractivity contribution < 1.29 is 9.50 Å². The number of aryl methyl sites for hydroxylation is 2. The van der Waals surface area contributed by atoms with E-state index in [1.165, 1.54) is 23.3 Å². The van der Waals surface area contributed by atoms with Gasteiger partial charge in [0.05, 0.1) is 11.0 Å². The molecule has 1 aromatic heterocycles. The second-order valence-corrected chi connectivity index (χ2v) is 5.50. The van der Waals surface area contributed by atoms with Crippen molar-refractivity contribution in [1.82, 2.24) is 9.55 Å². The van der Waals surface area contributed by atoms with E-state index in [0.29, 0.717) is 24.9 Å². The molecule has 3 aromatic rings. The maximum absolute atomic E-state index is 13.4. The fraction of sp³-hybridized carbons (Fsp3) is 0.278. The van der Waals surface area contributed by atoms with Gasteiger partial charge in [-0.15, -0.1) is 0 Å². The molecule has 114 valence electrons. The number of benzene rings is 2. The van der Waals surface area contributed by atoms with Gasteiger partial charge in [-0.05, 0) is 36.6 Å². The third-order valence-electron chi connectivity index (χ3n) is 3.94. The smallest absolute Gasteiger partial charge is 0.125 e. The quantitative estimate of drug-likeness (QED) is 0.783. The van der Waals surface area contributed by atoms with Gasteiger partial charge in [0.1, 0.15) is 11.6 Å². The Morgan fingerprint density at radius 3 is 2.77 bits per heavy atom. The van der Waals surface area contributed by atoms with Gasteiger partial charge < -0.3 is 9.67 Å². The third kappa shape index (κ3) is 2.88. The molecule has 1 N–H and O–H groups in total. The molecule has 0 aliphatic carbocycles. The van der Waals surface area contributed by atoms with Gasteiger partial charge in [-0.25, -0.2) is 9.37 Å². The van der Waals surface area contributed by atoms with Gasteiger partial charge in [-0.3, -0.25) is 0 Å². The number of fused-ring (bicyclic) bond motifs is 1. The van der Waals surface area contributed by atoms with Crippen LogP contribution in [0, 0.1) is 12.7 Å². The number of aromatic nitrogens is 2. The predicted molar refractivity (Wildman–Crippen MR) is 85.4 cm³/mol. The lowest BCUT2D eigenvalue weighted by Crippen LogP contribution is -2.07. The second kappa shape index (κ2) is 6.28. The average Bonchev–Trinajstić information content (AvgIpc) is 2.84. The monoisotopic (exact) mass is 298 g/mol. The molecular weight excluding hydrogens is 279 g/mol. The Bertz CT molecular complexity index is 795. The summed E-state index contributed by atoms with van der Waals surface area (Å²) in [5.41, 5.74) is 4.04. The highest BCUT2D eigenvalue weighted by atomic mass is 19.1. The Morgan fingerprint density at radius 1 is 1.18 bits per heavy atom. The van der Waals surface area contributed by atoms with Gasteiger partial charge in [0, 0.05) is 25.6 Å². The lowest BCUT2D eigenvalue weighted by atomic mass is 10.1. The molecule has 0 saturated carbocycles. The molecule has 0 spiro atoms. The van der Waals surface area contributed by atoms with Gasteiger partial charge in [0.15, 0.2) is 0 Å². The zero-order valence-electron chi connectivity index (χ0n) is 12.6. The van der Waals surface area contributed by atoms with Crippen molar-refractivity contribution in [3.8, 4) is 0 Å². The van der Waals surface area contributed by atoms with E-state index in [-0.39, 0.29) is 12.4 Å². The van der Waals surface area contributed by atoms with Crippen molar-refractivity contribution in [2.75, 3.05) is 6.61 Å². The van der Waals surface area contributed by atoms with Crippen LogP contribution in [0.1, 0.15) is 23.4 Å². The summed E-state index contributed by atoms with van der Waals surface area (Å²) in [6.07, 6.45) is 1.33. The van der Waals surface area contributed by atoms with Crippen LogP contribution in [0.3, 0.4) is 0 Å². The van der Waals surface area contributed by atoms with E-state index in [1.54, 1.807) is 6.07 Å². The zero-order valence-corrected chi connectivity index (χ0v) is 12.6. The van der Waals surface area contributed by atoms with Crippen molar-refractivity contribution in [3.05, 3.63) is 65.2 Å². The van der Waals surface area contributed by atoms with Crippen molar-refractivity contribution in [2.45, 2.75) is 26.3 Å². The summed E-state index contributed by atoms with van der Waals surface area (Å²) in [5.74, 6) is 0.611. The minimum atomic E-state index is -0.276. The van der Waals surface area contributed by atoms with Crippen LogP contribution < -0.4 is 0 Å². The number of nitrogens with zero attached hydrogens (tertiary/aromatic N) is 2. The number of aliphatic hydroxyl groups excluding tert-OH is 1. The molecule has 0 aliphatic heterocycles. The van der Waals surface area contributed by atoms with E-state index in [1.807, 2.05) is 12.1 Å².